The standard InChI is InChI=1S/C42H25BO2/c1-2-13-28-26(11-1)12-9-18-29(28)41-32-16-5-3-14-30(32)40(31-15-4-6-17-33(31)41)27-23-24-35-39(25-27)45-38-22-10-21-37-42(38)43(35)34-19-7-8-20-36(34)44-37/h1-25H. The Morgan fingerprint density at radius 1 is 0.378 bits per heavy atom. The van der Waals surface area contributed by atoms with Crippen LogP contribution < -0.4 is 25.9 Å². The predicted molar refractivity (Wildman–Crippen MR) is 188 cm³/mol. The lowest BCUT2D eigenvalue weighted by Gasteiger charge is -2.33. The van der Waals surface area contributed by atoms with Crippen molar-refractivity contribution in [3.05, 3.63) is 152 Å². The number of para-hydroxylation sites is 1. The molecule has 8 aromatic carbocycles. The van der Waals surface area contributed by atoms with Crippen molar-refractivity contribution in [1.29, 1.82) is 0 Å². The van der Waals surface area contributed by atoms with Crippen molar-refractivity contribution in [3.63, 3.8) is 0 Å². The van der Waals surface area contributed by atoms with E-state index < -0.39 is 0 Å². The van der Waals surface area contributed by atoms with E-state index >= 15 is 0 Å². The van der Waals surface area contributed by atoms with E-state index in [0.29, 0.717) is 0 Å². The molecule has 3 heteroatoms. The van der Waals surface area contributed by atoms with Gasteiger partial charge in [-0.15, -0.1) is 0 Å². The van der Waals surface area contributed by atoms with Gasteiger partial charge in [0.15, 0.2) is 0 Å². The molecule has 0 atom stereocenters. The van der Waals surface area contributed by atoms with Gasteiger partial charge in [-0.1, -0.05) is 127 Å². The molecule has 0 aliphatic carbocycles. The predicted octanol–water partition coefficient (Wildman–Crippen LogP) is 9.21. The third-order valence-corrected chi connectivity index (χ3v) is 9.59. The molecule has 2 aliphatic rings. The molecule has 0 saturated carbocycles. The van der Waals surface area contributed by atoms with Crippen molar-refractivity contribution >= 4 is 55.4 Å². The summed E-state index contributed by atoms with van der Waals surface area (Å²) >= 11 is 0. The largest absolute Gasteiger partial charge is 0.458 e. The molecule has 2 nitrogen and oxygen atoms in total. The summed E-state index contributed by atoms with van der Waals surface area (Å²) < 4.78 is 13.0. The molecule has 45 heavy (non-hydrogen) atoms. The Balaban J connectivity index is 1.24. The van der Waals surface area contributed by atoms with Crippen LogP contribution in [0.3, 0.4) is 0 Å². The lowest BCUT2D eigenvalue weighted by atomic mass is 9.35. The molecule has 0 bridgehead atoms. The molecular formula is C42H25BO2. The minimum atomic E-state index is 0.0566. The first-order valence-corrected chi connectivity index (χ1v) is 15.5. The second-order valence-corrected chi connectivity index (χ2v) is 12.0. The van der Waals surface area contributed by atoms with Crippen molar-refractivity contribution in [2.45, 2.75) is 0 Å². The second kappa shape index (κ2) is 9.35. The molecule has 0 unspecified atom stereocenters. The molecule has 0 aromatic heterocycles. The van der Waals surface area contributed by atoms with E-state index in [1.807, 2.05) is 18.2 Å². The maximum atomic E-state index is 6.69. The van der Waals surface area contributed by atoms with E-state index in [4.69, 9.17) is 9.47 Å². The summed E-state index contributed by atoms with van der Waals surface area (Å²) in [6.07, 6.45) is 0. The Bertz CT molecular complexity index is 2450. The molecule has 2 aliphatic heterocycles. The van der Waals surface area contributed by atoms with Crippen molar-refractivity contribution in [2.24, 2.45) is 0 Å². The van der Waals surface area contributed by atoms with Gasteiger partial charge in [0.1, 0.15) is 23.0 Å². The molecule has 208 valence electrons. The Morgan fingerprint density at radius 3 is 1.67 bits per heavy atom. The van der Waals surface area contributed by atoms with Crippen LogP contribution in [0.4, 0.5) is 0 Å². The van der Waals surface area contributed by atoms with E-state index in [1.54, 1.807) is 0 Å². The molecular weight excluding hydrogens is 547 g/mol. The fourth-order valence-electron chi connectivity index (χ4n) is 7.70. The first kappa shape index (κ1) is 24.6. The zero-order valence-corrected chi connectivity index (χ0v) is 24.3. The summed E-state index contributed by atoms with van der Waals surface area (Å²) in [7, 11) is 0. The average Bonchev–Trinajstić information content (AvgIpc) is 3.10. The molecule has 0 radical (unpaired) electrons. The van der Waals surface area contributed by atoms with Crippen LogP contribution in [0.5, 0.6) is 23.0 Å². The molecule has 2 heterocycles. The van der Waals surface area contributed by atoms with E-state index in [9.17, 15) is 0 Å². The van der Waals surface area contributed by atoms with Crippen LogP contribution in [-0.4, -0.2) is 6.71 Å². The maximum absolute atomic E-state index is 6.69. The number of hydrogen-bond donors (Lipinski definition) is 0. The highest BCUT2D eigenvalue weighted by Gasteiger charge is 2.39. The Labute approximate surface area is 261 Å². The first-order valence-electron chi connectivity index (χ1n) is 15.5. The smallest absolute Gasteiger partial charge is 0.260 e. The Hall–Kier alpha value is -5.80. The third kappa shape index (κ3) is 3.52. The third-order valence-electron chi connectivity index (χ3n) is 9.59. The quantitative estimate of drug-likeness (QED) is 0.152. The number of hydrogen-bond acceptors (Lipinski definition) is 2. The van der Waals surface area contributed by atoms with Gasteiger partial charge in [0.2, 0.25) is 0 Å². The van der Waals surface area contributed by atoms with Gasteiger partial charge in [0.25, 0.3) is 6.71 Å². The maximum Gasteiger partial charge on any atom is 0.260 e. The van der Waals surface area contributed by atoms with Crippen molar-refractivity contribution < 1.29 is 9.47 Å². The van der Waals surface area contributed by atoms with Crippen LogP contribution in [0.15, 0.2) is 152 Å². The van der Waals surface area contributed by atoms with E-state index in [0.717, 1.165) is 39.5 Å². The summed E-state index contributed by atoms with van der Waals surface area (Å²) in [5.74, 6) is 3.53. The first-order chi connectivity index (χ1) is 22.3. The summed E-state index contributed by atoms with van der Waals surface area (Å²) in [4.78, 5) is 0. The van der Waals surface area contributed by atoms with Gasteiger partial charge in [-0.25, -0.2) is 0 Å². The highest BCUT2D eigenvalue weighted by Crippen LogP contribution is 2.46. The van der Waals surface area contributed by atoms with Gasteiger partial charge < -0.3 is 9.47 Å². The zero-order valence-electron chi connectivity index (χ0n) is 24.3. The highest BCUT2D eigenvalue weighted by atomic mass is 16.5. The summed E-state index contributed by atoms with van der Waals surface area (Å²) in [5, 5.41) is 7.46. The zero-order chi connectivity index (χ0) is 29.5. The number of benzene rings is 8. The van der Waals surface area contributed by atoms with Gasteiger partial charge in [0, 0.05) is 5.46 Å². The van der Waals surface area contributed by atoms with Gasteiger partial charge in [-0.3, -0.25) is 0 Å². The molecule has 0 spiro atoms. The van der Waals surface area contributed by atoms with Crippen molar-refractivity contribution in [3.8, 4) is 45.3 Å². The van der Waals surface area contributed by atoms with Crippen LogP contribution in [0.25, 0.3) is 54.6 Å². The minimum absolute atomic E-state index is 0.0566. The van der Waals surface area contributed by atoms with Crippen molar-refractivity contribution in [1.82, 2.24) is 0 Å². The SMILES string of the molecule is c1ccc2c(c1)Oc1cccc3c1B2c1ccc(-c2c4ccccc4c(-c4cccc5ccccc45)c4ccccc24)cc1O3. The van der Waals surface area contributed by atoms with Crippen LogP contribution >= 0.6 is 0 Å². The highest BCUT2D eigenvalue weighted by molar-refractivity contribution is 6.98. The molecule has 0 amide bonds. The number of ether oxygens (including phenoxy) is 2. The summed E-state index contributed by atoms with van der Waals surface area (Å²) in [6, 6.07) is 54.3. The fourth-order valence-corrected chi connectivity index (χ4v) is 7.70. The molecule has 0 fully saturated rings. The Kier molecular flexibility index (Phi) is 5.12. The minimum Gasteiger partial charge on any atom is -0.458 e. The summed E-state index contributed by atoms with van der Waals surface area (Å²) in [5.41, 5.74) is 8.34. The molecule has 8 aromatic rings. The molecule has 0 saturated heterocycles. The van der Waals surface area contributed by atoms with Crippen molar-refractivity contribution in [2.75, 3.05) is 0 Å². The van der Waals surface area contributed by atoms with Crippen LogP contribution in [0.2, 0.25) is 0 Å². The van der Waals surface area contributed by atoms with Gasteiger partial charge >= 0.3 is 0 Å². The average molecular weight is 572 g/mol. The normalized spacial score (nSPS) is 12.8. The summed E-state index contributed by atoms with van der Waals surface area (Å²) in [6.45, 7) is 0.0566. The van der Waals surface area contributed by atoms with Crippen LogP contribution in [0.1, 0.15) is 0 Å². The van der Waals surface area contributed by atoms with Gasteiger partial charge in [0.05, 0.1) is 0 Å². The van der Waals surface area contributed by atoms with Gasteiger partial charge in [-0.2, -0.15) is 0 Å². The lowest BCUT2D eigenvalue weighted by molar-refractivity contribution is 0.464. The van der Waals surface area contributed by atoms with E-state index in [2.05, 4.69) is 133 Å². The topological polar surface area (TPSA) is 18.5 Å². The van der Waals surface area contributed by atoms with E-state index in [1.165, 1.54) is 54.5 Å². The molecule has 0 N–H and O–H groups in total. The monoisotopic (exact) mass is 572 g/mol. The molecule has 10 rings (SSSR count). The van der Waals surface area contributed by atoms with Crippen LogP contribution in [-0.2, 0) is 0 Å². The second-order valence-electron chi connectivity index (χ2n) is 12.0. The van der Waals surface area contributed by atoms with E-state index in [-0.39, 0.29) is 6.71 Å². The van der Waals surface area contributed by atoms with Gasteiger partial charge in [-0.05, 0) is 89.8 Å². The number of fused-ring (bicyclic) bond motifs is 7. The Morgan fingerprint density at radius 2 is 0.911 bits per heavy atom. The number of rotatable bonds is 2. The fraction of sp³-hybridized carbons (Fsp3) is 0. The van der Waals surface area contributed by atoms with Crippen LogP contribution in [0, 0.1) is 0 Å². The lowest BCUT2D eigenvalue weighted by Crippen LogP contribution is -2.57.